The van der Waals surface area contributed by atoms with Gasteiger partial charge in [-0.15, -0.1) is 0 Å². The monoisotopic (exact) mass is 492 g/mol. The maximum Gasteiger partial charge on any atom is 0.327 e. The average molecular weight is 494 g/mol. The summed E-state index contributed by atoms with van der Waals surface area (Å²) in [5.74, 6) is 0.638. The Balaban J connectivity index is 1.93. The highest BCUT2D eigenvalue weighted by Gasteiger charge is 2.32. The molecule has 1 aliphatic rings. The van der Waals surface area contributed by atoms with Crippen LogP contribution in [-0.4, -0.2) is 41.0 Å². The molecule has 2 aromatic rings. The molecule has 30 heavy (non-hydrogen) atoms. The van der Waals surface area contributed by atoms with Crippen molar-refractivity contribution in [1.82, 2.24) is 9.88 Å². The van der Waals surface area contributed by atoms with Gasteiger partial charge in [-0.05, 0) is 52.4 Å². The van der Waals surface area contributed by atoms with E-state index in [9.17, 15) is 9.59 Å². The fourth-order valence-electron chi connectivity index (χ4n) is 3.77. The molecule has 0 atom stereocenters. The van der Waals surface area contributed by atoms with E-state index in [0.29, 0.717) is 36.8 Å². The molecule has 8 heteroatoms. The number of para-hydroxylation sites is 1. The Morgan fingerprint density at radius 2 is 1.93 bits per heavy atom. The summed E-state index contributed by atoms with van der Waals surface area (Å²) in [7, 11) is 0. The lowest BCUT2D eigenvalue weighted by molar-refractivity contribution is -0.129. The minimum Gasteiger partial charge on any atom is -0.343 e. The van der Waals surface area contributed by atoms with Crippen LogP contribution in [-0.2, 0) is 4.79 Å². The third-order valence-electron chi connectivity index (χ3n) is 5.35. The maximum absolute atomic E-state index is 13.5. The Kier molecular flexibility index (Phi) is 7.36. The zero-order valence-electron chi connectivity index (χ0n) is 17.4. The fourth-order valence-corrected chi connectivity index (χ4v) is 4.45. The van der Waals surface area contributed by atoms with E-state index in [1.54, 1.807) is 19.2 Å². The number of carbonyl (C=O) groups excluding carboxylic acids is 2. The minimum absolute atomic E-state index is 0.0327. The van der Waals surface area contributed by atoms with Crippen molar-refractivity contribution in [2.24, 2.45) is 0 Å². The summed E-state index contributed by atoms with van der Waals surface area (Å²) in [4.78, 5) is 33.1. The van der Waals surface area contributed by atoms with Gasteiger partial charge in [0.25, 0.3) is 0 Å². The van der Waals surface area contributed by atoms with Crippen LogP contribution in [0.1, 0.15) is 45.1 Å². The number of nitrogens with one attached hydrogen (secondary N) is 1. The van der Waals surface area contributed by atoms with Crippen LogP contribution in [0.2, 0.25) is 5.02 Å². The number of halogens is 2. The van der Waals surface area contributed by atoms with Crippen LogP contribution >= 0.6 is 27.5 Å². The van der Waals surface area contributed by atoms with Crippen LogP contribution in [0.4, 0.5) is 16.3 Å². The molecule has 1 N–H and O–H groups in total. The lowest BCUT2D eigenvalue weighted by Gasteiger charge is -2.39. The van der Waals surface area contributed by atoms with E-state index >= 15 is 0 Å². The first-order chi connectivity index (χ1) is 14.3. The zero-order chi connectivity index (χ0) is 21.8. The molecule has 1 saturated heterocycles. The zero-order valence-corrected chi connectivity index (χ0v) is 19.7. The summed E-state index contributed by atoms with van der Waals surface area (Å²) in [6.45, 7) is 7.07. The van der Waals surface area contributed by atoms with Crippen LogP contribution in [0, 0.1) is 0 Å². The van der Waals surface area contributed by atoms with E-state index in [1.807, 2.05) is 28.0 Å². The Morgan fingerprint density at radius 1 is 1.27 bits per heavy atom. The molecule has 1 aromatic heterocycles. The van der Waals surface area contributed by atoms with E-state index in [-0.39, 0.29) is 23.9 Å². The summed E-state index contributed by atoms with van der Waals surface area (Å²) in [6.07, 6.45) is 3.01. The number of piperidine rings is 1. The number of anilines is 2. The molecule has 1 fully saturated rings. The molecule has 0 unspecified atom stereocenters. The summed E-state index contributed by atoms with van der Waals surface area (Å²) >= 11 is 9.61. The highest BCUT2D eigenvalue weighted by Crippen LogP contribution is 2.32. The molecule has 6 nitrogen and oxygen atoms in total. The molecule has 1 aliphatic heterocycles. The first-order valence-corrected chi connectivity index (χ1v) is 11.2. The second-order valence-electron chi connectivity index (χ2n) is 7.73. The van der Waals surface area contributed by atoms with Crippen molar-refractivity contribution in [3.8, 4) is 0 Å². The highest BCUT2D eigenvalue weighted by molar-refractivity contribution is 9.10. The number of benzene rings is 1. The number of amides is 3. The van der Waals surface area contributed by atoms with Gasteiger partial charge in [0.1, 0.15) is 0 Å². The number of hydrogen-bond acceptors (Lipinski definition) is 3. The second kappa shape index (κ2) is 9.79. The topological polar surface area (TPSA) is 65.5 Å². The molecule has 0 saturated carbocycles. The molecule has 2 heterocycles. The van der Waals surface area contributed by atoms with Gasteiger partial charge in [-0.3, -0.25) is 15.0 Å². The van der Waals surface area contributed by atoms with Gasteiger partial charge in [0, 0.05) is 42.4 Å². The SMILES string of the molecule is CC(=O)N1CCC(N(C(=O)Nc2ncc(Br)cc2Cl)c2ccccc2C(C)C)CC1. The minimum atomic E-state index is -0.277. The molecular formula is C22H26BrClN4O2. The second-order valence-corrected chi connectivity index (χ2v) is 9.06. The number of carbonyl (C=O) groups is 2. The summed E-state index contributed by atoms with van der Waals surface area (Å²) in [6, 6.07) is 9.34. The van der Waals surface area contributed by atoms with E-state index in [2.05, 4.69) is 46.1 Å². The first kappa shape index (κ1) is 22.6. The van der Waals surface area contributed by atoms with Crippen molar-refractivity contribution < 1.29 is 9.59 Å². The smallest absolute Gasteiger partial charge is 0.327 e. The Labute approximate surface area is 190 Å². The van der Waals surface area contributed by atoms with E-state index < -0.39 is 0 Å². The molecule has 3 rings (SSSR count). The molecule has 0 radical (unpaired) electrons. The van der Waals surface area contributed by atoms with Crippen molar-refractivity contribution >= 4 is 51.0 Å². The van der Waals surface area contributed by atoms with Crippen molar-refractivity contribution in [1.29, 1.82) is 0 Å². The molecule has 0 aliphatic carbocycles. The Hall–Kier alpha value is -2.12. The molecule has 160 valence electrons. The van der Waals surface area contributed by atoms with Gasteiger partial charge in [0.2, 0.25) is 5.91 Å². The number of rotatable bonds is 4. The van der Waals surface area contributed by atoms with Crippen LogP contribution in [0.5, 0.6) is 0 Å². The maximum atomic E-state index is 13.5. The standard InChI is InChI=1S/C22H26BrClN4O2/c1-14(2)18-6-4-5-7-20(18)28(17-8-10-27(11-9-17)15(3)29)22(30)26-21-19(24)12-16(23)13-25-21/h4-7,12-14,17H,8-11H2,1-3H3,(H,25,26,30). The third kappa shape index (κ3) is 5.13. The van der Waals surface area contributed by atoms with Crippen LogP contribution in [0.3, 0.4) is 0 Å². The van der Waals surface area contributed by atoms with Crippen molar-refractivity contribution in [2.75, 3.05) is 23.3 Å². The van der Waals surface area contributed by atoms with Crippen LogP contribution in [0.15, 0.2) is 41.0 Å². The van der Waals surface area contributed by atoms with Crippen molar-refractivity contribution in [3.05, 3.63) is 51.6 Å². The summed E-state index contributed by atoms with van der Waals surface area (Å²) in [5, 5.41) is 3.24. The third-order valence-corrected chi connectivity index (χ3v) is 6.07. The molecule has 0 spiro atoms. The Morgan fingerprint density at radius 3 is 2.53 bits per heavy atom. The van der Waals surface area contributed by atoms with Crippen LogP contribution in [0.25, 0.3) is 0 Å². The first-order valence-electron chi connectivity index (χ1n) is 10.0. The lowest BCUT2D eigenvalue weighted by Crippen LogP contribution is -2.50. The van der Waals surface area contributed by atoms with E-state index in [1.165, 1.54) is 0 Å². The quantitative estimate of drug-likeness (QED) is 0.597. The number of nitrogens with zero attached hydrogens (tertiary/aromatic N) is 3. The summed E-state index contributed by atoms with van der Waals surface area (Å²) < 4.78 is 0.740. The predicted molar refractivity (Wildman–Crippen MR) is 124 cm³/mol. The number of likely N-dealkylation sites (tertiary alicyclic amines) is 1. The molecular weight excluding hydrogens is 468 g/mol. The van der Waals surface area contributed by atoms with Gasteiger partial charge in [-0.2, -0.15) is 0 Å². The highest BCUT2D eigenvalue weighted by atomic mass is 79.9. The predicted octanol–water partition coefficient (Wildman–Crippen LogP) is 5.67. The fraction of sp³-hybridized carbons (Fsp3) is 0.409. The number of aromatic nitrogens is 1. The molecule has 3 amide bonds. The summed E-state index contributed by atoms with van der Waals surface area (Å²) in [5.41, 5.74) is 1.97. The average Bonchev–Trinajstić information content (AvgIpc) is 2.71. The van der Waals surface area contributed by atoms with Crippen LogP contribution < -0.4 is 10.2 Å². The normalized spacial score (nSPS) is 14.7. The number of pyridine rings is 1. The van der Waals surface area contributed by atoms with Gasteiger partial charge in [-0.25, -0.2) is 9.78 Å². The van der Waals surface area contributed by atoms with Gasteiger partial charge >= 0.3 is 6.03 Å². The molecule has 1 aromatic carbocycles. The molecule has 0 bridgehead atoms. The van der Waals surface area contributed by atoms with Gasteiger partial charge in [0.15, 0.2) is 5.82 Å². The van der Waals surface area contributed by atoms with Crippen molar-refractivity contribution in [3.63, 3.8) is 0 Å². The van der Waals surface area contributed by atoms with Gasteiger partial charge < -0.3 is 4.90 Å². The van der Waals surface area contributed by atoms with E-state index in [0.717, 1.165) is 15.7 Å². The number of hydrogen-bond donors (Lipinski definition) is 1. The van der Waals surface area contributed by atoms with Gasteiger partial charge in [0.05, 0.1) is 5.02 Å². The number of urea groups is 1. The Bertz CT molecular complexity index is 929. The van der Waals surface area contributed by atoms with Gasteiger partial charge in [-0.1, -0.05) is 43.6 Å². The van der Waals surface area contributed by atoms with Crippen molar-refractivity contribution in [2.45, 2.75) is 45.6 Å². The lowest BCUT2D eigenvalue weighted by atomic mass is 9.97. The van der Waals surface area contributed by atoms with E-state index in [4.69, 9.17) is 11.6 Å². The largest absolute Gasteiger partial charge is 0.343 e.